The molecule has 2 fully saturated rings. The number of pyridine rings is 1. The molecule has 4 N–H and O–H groups in total. The molecule has 2 amide bonds. The van der Waals surface area contributed by atoms with Crippen LogP contribution in [0.2, 0.25) is 0 Å². The minimum Gasteiger partial charge on any atom is -0.392 e. The van der Waals surface area contributed by atoms with E-state index in [0.717, 1.165) is 37.7 Å². The van der Waals surface area contributed by atoms with E-state index in [1.807, 2.05) is 42.5 Å². The molecule has 1 aliphatic carbocycles. The number of nitrogens with one attached hydrogen (secondary N) is 3. The van der Waals surface area contributed by atoms with Gasteiger partial charge in [-0.25, -0.2) is 0 Å². The van der Waals surface area contributed by atoms with Crippen LogP contribution in [0.4, 0.5) is 5.69 Å². The lowest BCUT2D eigenvalue weighted by Crippen LogP contribution is -2.51. The van der Waals surface area contributed by atoms with E-state index in [4.69, 9.17) is 0 Å². The number of aliphatic hydroxyl groups is 1. The topological polar surface area (TPSA) is 115 Å². The highest BCUT2D eigenvalue weighted by Crippen LogP contribution is 2.34. The zero-order valence-electron chi connectivity index (χ0n) is 23.6. The SMILES string of the molecule is CC(C)(C)c1ccc(N(C(=O)[C@H]2C[C@@H](O)CN2)C(C(=O)NC2CCCCC2)c2cc(=O)[nH]c3ccccc23)cc1. The number of para-hydroxylation sites is 1. The molecule has 1 unspecified atom stereocenters. The number of benzene rings is 2. The molecule has 8 nitrogen and oxygen atoms in total. The summed E-state index contributed by atoms with van der Waals surface area (Å²) in [5, 5.41) is 17.3. The maximum atomic E-state index is 14.3. The molecule has 3 aromatic rings. The molecule has 3 atom stereocenters. The number of rotatable bonds is 6. The van der Waals surface area contributed by atoms with Gasteiger partial charge in [-0.15, -0.1) is 0 Å². The van der Waals surface area contributed by atoms with Crippen molar-refractivity contribution < 1.29 is 14.7 Å². The lowest BCUT2D eigenvalue weighted by atomic mass is 9.87. The average Bonchev–Trinajstić information content (AvgIpc) is 3.37. The van der Waals surface area contributed by atoms with Crippen LogP contribution in [0.25, 0.3) is 10.9 Å². The van der Waals surface area contributed by atoms with Crippen molar-refractivity contribution >= 4 is 28.4 Å². The van der Waals surface area contributed by atoms with Gasteiger partial charge in [0.25, 0.3) is 0 Å². The van der Waals surface area contributed by atoms with Crippen LogP contribution in [-0.2, 0) is 15.0 Å². The molecule has 1 aromatic heterocycles. The molecule has 0 radical (unpaired) electrons. The minimum atomic E-state index is -1.08. The van der Waals surface area contributed by atoms with E-state index in [9.17, 15) is 19.5 Å². The van der Waals surface area contributed by atoms with Gasteiger partial charge in [0.15, 0.2) is 0 Å². The first-order valence-electron chi connectivity index (χ1n) is 14.4. The Hall–Kier alpha value is -3.49. The highest BCUT2D eigenvalue weighted by Gasteiger charge is 2.40. The Balaban J connectivity index is 1.67. The second-order valence-corrected chi connectivity index (χ2v) is 12.2. The van der Waals surface area contributed by atoms with Crippen molar-refractivity contribution in [1.82, 2.24) is 15.6 Å². The number of carbonyl (C=O) groups excluding carboxylic acids is 2. The summed E-state index contributed by atoms with van der Waals surface area (Å²) < 4.78 is 0. The number of aliphatic hydroxyl groups excluding tert-OH is 1. The fourth-order valence-electron chi connectivity index (χ4n) is 5.98. The van der Waals surface area contributed by atoms with E-state index in [-0.39, 0.29) is 35.3 Å². The van der Waals surface area contributed by atoms with Crippen LogP contribution in [0, 0.1) is 0 Å². The summed E-state index contributed by atoms with van der Waals surface area (Å²) in [7, 11) is 0. The van der Waals surface area contributed by atoms with Crippen LogP contribution in [0.15, 0.2) is 59.4 Å². The van der Waals surface area contributed by atoms with Crippen LogP contribution < -0.4 is 21.1 Å². The molecule has 2 aromatic carbocycles. The van der Waals surface area contributed by atoms with E-state index >= 15 is 0 Å². The summed E-state index contributed by atoms with van der Waals surface area (Å²) >= 11 is 0. The molecule has 1 saturated heterocycles. The number of aromatic nitrogens is 1. The third-order valence-electron chi connectivity index (χ3n) is 8.19. The summed E-state index contributed by atoms with van der Waals surface area (Å²) in [6.45, 7) is 6.67. The summed E-state index contributed by atoms with van der Waals surface area (Å²) in [5.74, 6) is -0.623. The Labute approximate surface area is 235 Å². The molecule has 2 aliphatic rings. The van der Waals surface area contributed by atoms with E-state index in [1.54, 1.807) is 6.07 Å². The van der Waals surface area contributed by atoms with Crippen LogP contribution in [0.3, 0.4) is 0 Å². The number of hydrogen-bond acceptors (Lipinski definition) is 5. The van der Waals surface area contributed by atoms with Crippen molar-refractivity contribution in [3.63, 3.8) is 0 Å². The Morgan fingerprint density at radius 2 is 1.73 bits per heavy atom. The Kier molecular flexibility index (Phi) is 8.10. The lowest BCUT2D eigenvalue weighted by molar-refractivity contribution is -0.128. The van der Waals surface area contributed by atoms with Gasteiger partial charge in [-0.05, 0) is 54.0 Å². The van der Waals surface area contributed by atoms with Crippen molar-refractivity contribution in [2.24, 2.45) is 0 Å². The molecule has 1 saturated carbocycles. The van der Waals surface area contributed by atoms with Gasteiger partial charge in [0, 0.05) is 35.2 Å². The predicted molar refractivity (Wildman–Crippen MR) is 157 cm³/mol. The largest absolute Gasteiger partial charge is 0.392 e. The number of aromatic amines is 1. The number of carbonyl (C=O) groups is 2. The Morgan fingerprint density at radius 3 is 2.38 bits per heavy atom. The first kappa shape index (κ1) is 28.1. The number of fused-ring (bicyclic) bond motifs is 1. The number of amides is 2. The molecule has 2 heterocycles. The van der Waals surface area contributed by atoms with Gasteiger partial charge < -0.3 is 20.7 Å². The van der Waals surface area contributed by atoms with Crippen LogP contribution in [0.1, 0.15) is 76.5 Å². The molecule has 0 bridgehead atoms. The van der Waals surface area contributed by atoms with E-state index in [0.29, 0.717) is 28.7 Å². The maximum Gasteiger partial charge on any atom is 0.248 e. The van der Waals surface area contributed by atoms with Gasteiger partial charge in [0.05, 0.1) is 12.1 Å². The highest BCUT2D eigenvalue weighted by atomic mass is 16.3. The van der Waals surface area contributed by atoms with Gasteiger partial charge in [0.1, 0.15) is 6.04 Å². The predicted octanol–water partition coefficient (Wildman–Crippen LogP) is 4.07. The summed E-state index contributed by atoms with van der Waals surface area (Å²) in [6.07, 6.45) is 4.62. The van der Waals surface area contributed by atoms with Crippen molar-refractivity contribution in [2.45, 2.75) is 88.9 Å². The van der Waals surface area contributed by atoms with Crippen LogP contribution >= 0.6 is 0 Å². The summed E-state index contributed by atoms with van der Waals surface area (Å²) in [4.78, 5) is 45.9. The Bertz CT molecular complexity index is 1420. The number of β-amino-alcohol motifs (C(OH)–C–C–N with tert-alkyl or cyclic N) is 1. The standard InChI is InChI=1S/C32H40N4O4/c1-32(2,3)20-13-15-22(16-14-20)36(31(40)27-17-23(37)19-33-27)29(30(39)34-21-9-5-4-6-10-21)25-18-28(38)35-26-12-8-7-11-24(25)26/h7-8,11-16,18,21,23,27,29,33,37H,4-6,9-10,17,19H2,1-3H3,(H,34,39)(H,35,38)/t23-,27-,29?/m1/s1. The van der Waals surface area contributed by atoms with Gasteiger partial charge in [-0.3, -0.25) is 19.3 Å². The van der Waals surface area contributed by atoms with Gasteiger partial charge in [0.2, 0.25) is 17.4 Å². The molecule has 212 valence electrons. The average molecular weight is 545 g/mol. The molecule has 0 spiro atoms. The van der Waals surface area contributed by atoms with E-state index in [2.05, 4.69) is 36.4 Å². The molecular formula is C32H40N4O4. The minimum absolute atomic E-state index is 0.0173. The number of hydrogen-bond donors (Lipinski definition) is 4. The quantitative estimate of drug-likeness (QED) is 0.374. The monoisotopic (exact) mass is 544 g/mol. The number of anilines is 1. The van der Waals surface area contributed by atoms with Gasteiger partial charge in [-0.2, -0.15) is 0 Å². The molecular weight excluding hydrogens is 504 g/mol. The van der Waals surface area contributed by atoms with Crippen molar-refractivity contribution in [1.29, 1.82) is 0 Å². The second kappa shape index (κ2) is 11.6. The van der Waals surface area contributed by atoms with Crippen molar-refractivity contribution in [2.75, 3.05) is 11.4 Å². The third kappa shape index (κ3) is 5.98. The fourth-order valence-corrected chi connectivity index (χ4v) is 5.98. The lowest BCUT2D eigenvalue weighted by Gasteiger charge is -2.35. The highest BCUT2D eigenvalue weighted by molar-refractivity contribution is 6.05. The zero-order chi connectivity index (χ0) is 28.4. The maximum absolute atomic E-state index is 14.3. The first-order valence-corrected chi connectivity index (χ1v) is 14.4. The molecule has 8 heteroatoms. The van der Waals surface area contributed by atoms with Gasteiger partial charge >= 0.3 is 0 Å². The first-order chi connectivity index (χ1) is 19.1. The van der Waals surface area contributed by atoms with Crippen LogP contribution in [0.5, 0.6) is 0 Å². The van der Waals surface area contributed by atoms with E-state index in [1.165, 1.54) is 11.0 Å². The third-order valence-corrected chi connectivity index (χ3v) is 8.19. The van der Waals surface area contributed by atoms with Crippen molar-refractivity contribution in [3.05, 3.63) is 76.1 Å². The summed E-state index contributed by atoms with van der Waals surface area (Å²) in [5.41, 5.74) is 2.31. The van der Waals surface area contributed by atoms with Gasteiger partial charge in [-0.1, -0.05) is 70.4 Å². The normalized spacial score (nSPS) is 20.8. The number of H-pyrrole nitrogens is 1. The fraction of sp³-hybridized carbons (Fsp3) is 0.469. The molecule has 5 rings (SSSR count). The summed E-state index contributed by atoms with van der Waals surface area (Å²) in [6, 6.07) is 14.8. The Morgan fingerprint density at radius 1 is 1.02 bits per heavy atom. The smallest absolute Gasteiger partial charge is 0.248 e. The van der Waals surface area contributed by atoms with E-state index < -0.39 is 18.2 Å². The van der Waals surface area contributed by atoms with Crippen LogP contribution in [-0.4, -0.2) is 46.6 Å². The zero-order valence-corrected chi connectivity index (χ0v) is 23.6. The molecule has 1 aliphatic heterocycles. The molecule has 40 heavy (non-hydrogen) atoms. The second-order valence-electron chi connectivity index (χ2n) is 12.2. The number of nitrogens with zero attached hydrogens (tertiary/aromatic N) is 1. The van der Waals surface area contributed by atoms with Crippen molar-refractivity contribution in [3.8, 4) is 0 Å².